The minimum absolute atomic E-state index is 0.0243. The van der Waals surface area contributed by atoms with Crippen molar-refractivity contribution in [2.45, 2.75) is 56.3 Å². The van der Waals surface area contributed by atoms with E-state index in [-0.39, 0.29) is 36.0 Å². The van der Waals surface area contributed by atoms with E-state index in [4.69, 9.17) is 0 Å². The Labute approximate surface area is 173 Å². The first-order valence-corrected chi connectivity index (χ1v) is 11.2. The van der Waals surface area contributed by atoms with Crippen molar-refractivity contribution in [1.29, 1.82) is 0 Å². The van der Waals surface area contributed by atoms with Gasteiger partial charge in [0.2, 0.25) is 5.91 Å². The second kappa shape index (κ2) is 7.40. The zero-order valence-electron chi connectivity index (χ0n) is 17.5. The van der Waals surface area contributed by atoms with Crippen molar-refractivity contribution in [3.8, 4) is 0 Å². The number of benzene rings is 1. The van der Waals surface area contributed by atoms with Crippen molar-refractivity contribution < 1.29 is 9.59 Å². The number of nitrogens with one attached hydrogen (secondary N) is 1. The normalized spacial score (nSPS) is 36.3. The number of urea groups is 1. The monoisotopic (exact) mass is 396 g/mol. The molecule has 29 heavy (non-hydrogen) atoms. The van der Waals surface area contributed by atoms with E-state index in [9.17, 15) is 9.59 Å². The summed E-state index contributed by atoms with van der Waals surface area (Å²) in [6.07, 6.45) is 6.42. The van der Waals surface area contributed by atoms with E-state index in [2.05, 4.69) is 34.5 Å². The van der Waals surface area contributed by atoms with E-state index in [0.29, 0.717) is 12.0 Å². The van der Waals surface area contributed by atoms with Gasteiger partial charge >= 0.3 is 6.03 Å². The SMILES string of the molecule is CN1C(=O)C2C(C3C(C4CCCCC4)NCCN3C2c2ccccc2)N(C)C1=O. The molecule has 5 atom stereocenters. The number of fused-ring (bicyclic) bond motifs is 3. The van der Waals surface area contributed by atoms with Crippen LogP contribution >= 0.6 is 0 Å². The predicted octanol–water partition coefficient (Wildman–Crippen LogP) is 2.47. The Kier molecular flexibility index (Phi) is 4.87. The second-order valence-electron chi connectivity index (χ2n) is 9.27. The van der Waals surface area contributed by atoms with Gasteiger partial charge < -0.3 is 10.2 Å². The van der Waals surface area contributed by atoms with Gasteiger partial charge in [0, 0.05) is 45.3 Å². The van der Waals surface area contributed by atoms with Gasteiger partial charge in [-0.3, -0.25) is 14.6 Å². The zero-order chi connectivity index (χ0) is 20.1. The molecule has 3 saturated heterocycles. The van der Waals surface area contributed by atoms with Gasteiger partial charge in [-0.05, 0) is 24.3 Å². The fraction of sp³-hybridized carbons (Fsp3) is 0.652. The lowest BCUT2D eigenvalue weighted by Crippen LogP contribution is -2.67. The van der Waals surface area contributed by atoms with Gasteiger partial charge in [-0.25, -0.2) is 4.79 Å². The predicted molar refractivity (Wildman–Crippen MR) is 111 cm³/mol. The van der Waals surface area contributed by atoms with Crippen molar-refractivity contribution in [2.75, 3.05) is 27.2 Å². The number of piperazine rings is 1. The average molecular weight is 397 g/mol. The molecule has 1 aliphatic carbocycles. The summed E-state index contributed by atoms with van der Waals surface area (Å²) in [5, 5.41) is 3.82. The molecule has 156 valence electrons. The molecule has 1 saturated carbocycles. The van der Waals surface area contributed by atoms with Gasteiger partial charge in [-0.2, -0.15) is 0 Å². The fourth-order valence-corrected chi connectivity index (χ4v) is 6.60. The smallest absolute Gasteiger partial charge is 0.322 e. The molecule has 0 radical (unpaired) electrons. The van der Waals surface area contributed by atoms with Crippen LogP contribution in [-0.4, -0.2) is 71.9 Å². The molecule has 0 aromatic heterocycles. The van der Waals surface area contributed by atoms with Crippen LogP contribution in [0, 0.1) is 11.8 Å². The standard InChI is InChI=1S/C23H32N4O2/c1-25-20-17(22(28)26(2)23(25)29)19(16-11-7-4-8-12-16)27-14-13-24-18(21(20)27)15-9-5-3-6-10-15/h4,7-8,11-12,15,17-21,24H,3,5-6,9-10,13-14H2,1-2H3. The Morgan fingerprint density at radius 1 is 0.966 bits per heavy atom. The van der Waals surface area contributed by atoms with Gasteiger partial charge in [-0.15, -0.1) is 0 Å². The maximum atomic E-state index is 13.4. The molecular weight excluding hydrogens is 364 g/mol. The molecule has 4 aliphatic rings. The summed E-state index contributed by atoms with van der Waals surface area (Å²) in [5.41, 5.74) is 1.19. The highest BCUT2D eigenvalue weighted by atomic mass is 16.2. The summed E-state index contributed by atoms with van der Waals surface area (Å²) in [6, 6.07) is 10.8. The van der Waals surface area contributed by atoms with E-state index in [1.54, 1.807) is 7.05 Å². The maximum absolute atomic E-state index is 13.4. The molecule has 6 heteroatoms. The van der Waals surface area contributed by atoms with Crippen molar-refractivity contribution in [2.24, 2.45) is 11.8 Å². The number of likely N-dealkylation sites (N-methyl/N-ethyl adjacent to an activating group) is 1. The Hall–Kier alpha value is -1.92. The second-order valence-corrected chi connectivity index (χ2v) is 9.27. The first-order chi connectivity index (χ1) is 14.1. The largest absolute Gasteiger partial charge is 0.326 e. The highest BCUT2D eigenvalue weighted by Gasteiger charge is 2.61. The molecule has 3 amide bonds. The molecule has 6 nitrogen and oxygen atoms in total. The fourth-order valence-electron chi connectivity index (χ4n) is 6.60. The first kappa shape index (κ1) is 19.1. The molecule has 1 N–H and O–H groups in total. The summed E-state index contributed by atoms with van der Waals surface area (Å²) < 4.78 is 0. The average Bonchev–Trinajstić information content (AvgIpc) is 3.13. The van der Waals surface area contributed by atoms with E-state index >= 15 is 0 Å². The molecule has 5 unspecified atom stereocenters. The summed E-state index contributed by atoms with van der Waals surface area (Å²) >= 11 is 0. The topological polar surface area (TPSA) is 55.9 Å². The molecule has 0 spiro atoms. The number of hydrogen-bond acceptors (Lipinski definition) is 4. The molecule has 0 bridgehead atoms. The summed E-state index contributed by atoms with van der Waals surface area (Å²) in [4.78, 5) is 32.0. The van der Waals surface area contributed by atoms with Crippen molar-refractivity contribution in [3.05, 3.63) is 35.9 Å². The number of hydrogen-bond donors (Lipinski definition) is 1. The maximum Gasteiger partial charge on any atom is 0.326 e. The van der Waals surface area contributed by atoms with Crippen LogP contribution in [0.5, 0.6) is 0 Å². The van der Waals surface area contributed by atoms with Crippen LogP contribution in [0.25, 0.3) is 0 Å². The number of rotatable bonds is 2. The van der Waals surface area contributed by atoms with E-state index in [1.165, 1.54) is 42.6 Å². The van der Waals surface area contributed by atoms with E-state index < -0.39 is 0 Å². The molecule has 3 aliphatic heterocycles. The van der Waals surface area contributed by atoms with Gasteiger partial charge in [0.05, 0.1) is 12.0 Å². The third-order valence-corrected chi connectivity index (χ3v) is 7.87. The Morgan fingerprint density at radius 3 is 2.41 bits per heavy atom. The molecule has 3 heterocycles. The third kappa shape index (κ3) is 2.91. The summed E-state index contributed by atoms with van der Waals surface area (Å²) in [5.74, 6) is 0.398. The molecule has 1 aromatic rings. The lowest BCUT2D eigenvalue weighted by atomic mass is 9.77. The van der Waals surface area contributed by atoms with Gasteiger partial charge in [0.1, 0.15) is 0 Å². The van der Waals surface area contributed by atoms with E-state index in [0.717, 1.165) is 13.1 Å². The van der Waals surface area contributed by atoms with Gasteiger partial charge in [-0.1, -0.05) is 49.6 Å². The lowest BCUT2D eigenvalue weighted by Gasteiger charge is -2.48. The molecule has 5 rings (SSSR count). The summed E-state index contributed by atoms with van der Waals surface area (Å²) in [6.45, 7) is 1.86. The molecular formula is C23H32N4O2. The number of amides is 3. The lowest BCUT2D eigenvalue weighted by molar-refractivity contribution is -0.137. The minimum atomic E-state index is -0.207. The van der Waals surface area contributed by atoms with Crippen molar-refractivity contribution in [1.82, 2.24) is 20.0 Å². The van der Waals surface area contributed by atoms with Crippen LogP contribution in [0.1, 0.15) is 43.7 Å². The number of carbonyl (C=O) groups is 2. The van der Waals surface area contributed by atoms with E-state index in [1.807, 2.05) is 18.0 Å². The number of imide groups is 1. The van der Waals surface area contributed by atoms with Crippen LogP contribution in [0.3, 0.4) is 0 Å². The molecule has 1 aromatic carbocycles. The van der Waals surface area contributed by atoms with Gasteiger partial charge in [0.25, 0.3) is 0 Å². The van der Waals surface area contributed by atoms with Crippen molar-refractivity contribution in [3.63, 3.8) is 0 Å². The van der Waals surface area contributed by atoms with Crippen LogP contribution in [0.2, 0.25) is 0 Å². The minimum Gasteiger partial charge on any atom is -0.322 e. The summed E-state index contributed by atoms with van der Waals surface area (Å²) in [7, 11) is 3.52. The molecule has 4 fully saturated rings. The Morgan fingerprint density at radius 2 is 1.69 bits per heavy atom. The van der Waals surface area contributed by atoms with Crippen LogP contribution in [-0.2, 0) is 4.79 Å². The number of nitrogens with zero attached hydrogens (tertiary/aromatic N) is 3. The Bertz CT molecular complexity index is 778. The Balaban J connectivity index is 1.59. The van der Waals surface area contributed by atoms with Crippen LogP contribution < -0.4 is 5.32 Å². The van der Waals surface area contributed by atoms with Crippen LogP contribution in [0.4, 0.5) is 4.79 Å². The highest BCUT2D eigenvalue weighted by Crippen LogP contribution is 2.49. The zero-order valence-corrected chi connectivity index (χ0v) is 17.5. The first-order valence-electron chi connectivity index (χ1n) is 11.2. The highest BCUT2D eigenvalue weighted by molar-refractivity contribution is 5.99. The third-order valence-electron chi connectivity index (χ3n) is 7.87. The van der Waals surface area contributed by atoms with Crippen molar-refractivity contribution >= 4 is 11.9 Å². The van der Waals surface area contributed by atoms with Gasteiger partial charge in [0.15, 0.2) is 0 Å². The number of carbonyl (C=O) groups excluding carboxylic acids is 2. The van der Waals surface area contributed by atoms with Crippen LogP contribution in [0.15, 0.2) is 30.3 Å². The quantitative estimate of drug-likeness (QED) is 0.834.